The maximum Gasteiger partial charge on any atom is 0.259 e. The van der Waals surface area contributed by atoms with Crippen molar-refractivity contribution in [2.45, 2.75) is 20.0 Å². The van der Waals surface area contributed by atoms with E-state index in [1.54, 1.807) is 47.4 Å². The Morgan fingerprint density at radius 2 is 1.92 bits per heavy atom. The summed E-state index contributed by atoms with van der Waals surface area (Å²) in [6.45, 7) is 2.47. The van der Waals surface area contributed by atoms with E-state index in [9.17, 15) is 14.9 Å². The molecule has 2 amide bonds. The minimum atomic E-state index is -0.397. The van der Waals surface area contributed by atoms with Gasteiger partial charge in [-0.25, -0.2) is 4.98 Å². The summed E-state index contributed by atoms with van der Waals surface area (Å²) in [4.78, 5) is 37.9. The summed E-state index contributed by atoms with van der Waals surface area (Å²) < 4.78 is 10.8. The number of pyridine rings is 1. The summed E-state index contributed by atoms with van der Waals surface area (Å²) in [6, 6.07) is 14.0. The lowest BCUT2D eigenvalue weighted by Gasteiger charge is -2.18. The lowest BCUT2D eigenvalue weighted by Crippen LogP contribution is -2.26. The number of thiazole rings is 1. The number of nitrogens with zero attached hydrogens (tertiary/aromatic N) is 4. The van der Waals surface area contributed by atoms with E-state index >= 15 is 0 Å². The van der Waals surface area contributed by atoms with E-state index in [1.165, 1.54) is 31.8 Å². The predicted octanol–water partition coefficient (Wildman–Crippen LogP) is 5.46. The number of methoxy groups -OCH3 is 2. The molecule has 0 bridgehead atoms. The second-order valence-electron chi connectivity index (χ2n) is 8.72. The molecule has 2 aromatic heterocycles. The van der Waals surface area contributed by atoms with E-state index < -0.39 is 5.91 Å². The third-order valence-electron chi connectivity index (χ3n) is 6.27. The van der Waals surface area contributed by atoms with E-state index in [2.05, 4.69) is 21.4 Å². The number of para-hydroxylation sites is 1. The van der Waals surface area contributed by atoms with Crippen molar-refractivity contribution in [2.24, 2.45) is 0 Å². The monoisotopic (exact) mass is 559 g/mol. The number of aryl methyl sites for hydroxylation is 1. The van der Waals surface area contributed by atoms with Crippen molar-refractivity contribution in [1.82, 2.24) is 14.9 Å². The number of fused-ring (bicyclic) bond motifs is 1. The first kappa shape index (κ1) is 26.2. The Hall–Kier alpha value is -4.46. The number of hydrogen-bond donors (Lipinski definition) is 1. The Labute approximate surface area is 233 Å². The number of carbonyl (C=O) groups excluding carboxylic acids is 2. The molecule has 0 aliphatic carbocycles. The van der Waals surface area contributed by atoms with Crippen LogP contribution in [0, 0.1) is 18.3 Å². The van der Waals surface area contributed by atoms with Gasteiger partial charge in [-0.3, -0.25) is 19.9 Å². The highest BCUT2D eigenvalue weighted by Crippen LogP contribution is 2.36. The van der Waals surface area contributed by atoms with E-state index in [4.69, 9.17) is 21.1 Å². The SMILES string of the molecule is COc1ccc(C#N)cc1-c1cc(C)ncc1C(=O)Nc1nc2c(s1)CN(C(=O)c1cccc(Cl)c1OC)C2. The number of nitriles is 1. The highest BCUT2D eigenvalue weighted by molar-refractivity contribution is 7.16. The van der Waals surface area contributed by atoms with Crippen LogP contribution in [0.15, 0.2) is 48.7 Å². The fraction of sp³-hybridized carbons (Fsp3) is 0.179. The molecule has 5 rings (SSSR count). The van der Waals surface area contributed by atoms with Crippen LogP contribution in [-0.4, -0.2) is 40.9 Å². The third kappa shape index (κ3) is 5.02. The van der Waals surface area contributed by atoms with Gasteiger partial charge in [-0.05, 0) is 43.3 Å². The molecule has 39 heavy (non-hydrogen) atoms. The van der Waals surface area contributed by atoms with Crippen LogP contribution in [-0.2, 0) is 13.1 Å². The highest BCUT2D eigenvalue weighted by Gasteiger charge is 2.30. The summed E-state index contributed by atoms with van der Waals surface area (Å²) in [5.74, 6) is 0.253. The van der Waals surface area contributed by atoms with Crippen molar-refractivity contribution < 1.29 is 19.1 Å². The molecule has 1 N–H and O–H groups in total. The van der Waals surface area contributed by atoms with Crippen molar-refractivity contribution in [1.29, 1.82) is 5.26 Å². The molecule has 0 atom stereocenters. The number of amides is 2. The molecule has 0 saturated carbocycles. The van der Waals surface area contributed by atoms with Gasteiger partial charge < -0.3 is 14.4 Å². The van der Waals surface area contributed by atoms with Gasteiger partial charge in [-0.2, -0.15) is 5.26 Å². The molecule has 0 spiro atoms. The molecule has 0 unspecified atom stereocenters. The summed E-state index contributed by atoms with van der Waals surface area (Å²) in [6.07, 6.45) is 1.50. The second-order valence-corrected chi connectivity index (χ2v) is 10.2. The van der Waals surface area contributed by atoms with Crippen molar-refractivity contribution in [3.8, 4) is 28.7 Å². The number of ether oxygens (including phenoxy) is 2. The number of rotatable bonds is 6. The maximum absolute atomic E-state index is 13.4. The van der Waals surface area contributed by atoms with Crippen molar-refractivity contribution in [3.63, 3.8) is 0 Å². The van der Waals surface area contributed by atoms with E-state index in [1.807, 2.05) is 6.92 Å². The number of nitrogens with one attached hydrogen (secondary N) is 1. The van der Waals surface area contributed by atoms with Crippen LogP contribution < -0.4 is 14.8 Å². The second kappa shape index (κ2) is 10.7. The first-order valence-electron chi connectivity index (χ1n) is 11.8. The number of hydrogen-bond acceptors (Lipinski definition) is 8. The Balaban J connectivity index is 1.37. The molecule has 0 radical (unpaired) electrons. The Morgan fingerprint density at radius 1 is 1.10 bits per heavy atom. The molecule has 11 heteroatoms. The first-order valence-corrected chi connectivity index (χ1v) is 13.0. The van der Waals surface area contributed by atoms with Crippen molar-refractivity contribution in [3.05, 3.63) is 86.6 Å². The fourth-order valence-corrected chi connectivity index (χ4v) is 5.64. The van der Waals surface area contributed by atoms with E-state index in [-0.39, 0.29) is 5.91 Å². The molecule has 0 saturated heterocycles. The van der Waals surface area contributed by atoms with Gasteiger partial charge in [-0.1, -0.05) is 29.0 Å². The molecule has 1 aliphatic rings. The highest BCUT2D eigenvalue weighted by atomic mass is 35.5. The fourth-order valence-electron chi connectivity index (χ4n) is 4.41. The van der Waals surface area contributed by atoms with E-state index in [0.717, 1.165) is 10.6 Å². The largest absolute Gasteiger partial charge is 0.496 e. The zero-order valence-electron chi connectivity index (χ0n) is 21.2. The molecule has 4 aromatic rings. The van der Waals surface area contributed by atoms with Gasteiger partial charge in [0, 0.05) is 23.0 Å². The van der Waals surface area contributed by atoms with Gasteiger partial charge in [0.25, 0.3) is 11.8 Å². The van der Waals surface area contributed by atoms with Crippen LogP contribution >= 0.6 is 22.9 Å². The normalized spacial score (nSPS) is 12.0. The molecule has 9 nitrogen and oxygen atoms in total. The minimum absolute atomic E-state index is 0.214. The first-order chi connectivity index (χ1) is 18.8. The molecule has 2 aromatic carbocycles. The minimum Gasteiger partial charge on any atom is -0.496 e. The average Bonchev–Trinajstić information content (AvgIpc) is 3.50. The quantitative estimate of drug-likeness (QED) is 0.333. The smallest absolute Gasteiger partial charge is 0.259 e. The third-order valence-corrected chi connectivity index (χ3v) is 7.56. The molecular formula is C28H22ClN5O4S. The van der Waals surface area contributed by atoms with Crippen LogP contribution in [0.5, 0.6) is 11.5 Å². The molecule has 3 heterocycles. The number of benzene rings is 2. The number of halogens is 1. The van der Waals surface area contributed by atoms with Crippen LogP contribution in [0.4, 0.5) is 5.13 Å². The topological polar surface area (TPSA) is 117 Å². The molecule has 1 aliphatic heterocycles. The molecular weight excluding hydrogens is 538 g/mol. The van der Waals surface area contributed by atoms with Crippen molar-refractivity contribution >= 4 is 39.9 Å². The Bertz CT molecular complexity index is 1640. The number of anilines is 1. The van der Waals surface area contributed by atoms with Gasteiger partial charge in [0.1, 0.15) is 11.5 Å². The maximum atomic E-state index is 13.4. The number of carbonyl (C=O) groups is 2. The summed E-state index contributed by atoms with van der Waals surface area (Å²) in [5, 5.41) is 13.0. The summed E-state index contributed by atoms with van der Waals surface area (Å²) in [5.41, 5.74) is 3.76. The number of aromatic nitrogens is 2. The van der Waals surface area contributed by atoms with Gasteiger partial charge in [-0.15, -0.1) is 0 Å². The zero-order chi connectivity index (χ0) is 27.7. The molecule has 0 fully saturated rings. The van der Waals surface area contributed by atoms with Gasteiger partial charge in [0.15, 0.2) is 5.13 Å². The lowest BCUT2D eigenvalue weighted by atomic mass is 9.97. The zero-order valence-corrected chi connectivity index (χ0v) is 22.8. The standard InChI is InChI=1S/C28H22ClN5O4S/c1-15-9-18(19-10-16(11-30)7-8-23(19)37-2)20(12-31-15)26(35)33-28-32-22-13-34(14-24(22)39-28)27(36)17-5-4-6-21(29)25(17)38-3/h4-10,12H,13-14H2,1-3H3,(H,32,33,35). The van der Waals surface area contributed by atoms with Gasteiger partial charge in [0.05, 0.1) is 65.7 Å². The Morgan fingerprint density at radius 3 is 2.64 bits per heavy atom. The summed E-state index contributed by atoms with van der Waals surface area (Å²) in [7, 11) is 3.01. The van der Waals surface area contributed by atoms with E-state index in [0.29, 0.717) is 68.3 Å². The molecule has 196 valence electrons. The van der Waals surface area contributed by atoms with Crippen molar-refractivity contribution in [2.75, 3.05) is 19.5 Å². The Kier molecular flexibility index (Phi) is 7.19. The average molecular weight is 560 g/mol. The van der Waals surface area contributed by atoms with Gasteiger partial charge in [0.2, 0.25) is 0 Å². The van der Waals surface area contributed by atoms with Crippen LogP contribution in [0.3, 0.4) is 0 Å². The van der Waals surface area contributed by atoms with Crippen LogP contribution in [0.2, 0.25) is 5.02 Å². The van der Waals surface area contributed by atoms with Crippen LogP contribution in [0.25, 0.3) is 11.1 Å². The summed E-state index contributed by atoms with van der Waals surface area (Å²) >= 11 is 7.50. The predicted molar refractivity (Wildman–Crippen MR) is 147 cm³/mol. The van der Waals surface area contributed by atoms with Gasteiger partial charge >= 0.3 is 0 Å². The van der Waals surface area contributed by atoms with Crippen LogP contribution in [0.1, 0.15) is 42.5 Å². The lowest BCUT2D eigenvalue weighted by molar-refractivity contribution is 0.0747.